The quantitative estimate of drug-likeness (QED) is 0.694. The molecule has 7 heteroatoms. The lowest BCUT2D eigenvalue weighted by Crippen LogP contribution is -2.56. The third kappa shape index (κ3) is 2.74. The van der Waals surface area contributed by atoms with Gasteiger partial charge in [-0.25, -0.2) is 16.8 Å². The predicted octanol–water partition coefficient (Wildman–Crippen LogP) is 3.54. The van der Waals surface area contributed by atoms with E-state index in [4.69, 9.17) is 0 Å². The Morgan fingerprint density at radius 1 is 0.862 bits per heavy atom. The number of hydrogen-bond donors (Lipinski definition) is 0. The Kier molecular flexibility index (Phi) is 4.25. The fourth-order valence-electron chi connectivity index (χ4n) is 5.48. The third-order valence-corrected chi connectivity index (χ3v) is 11.4. The summed E-state index contributed by atoms with van der Waals surface area (Å²) in [6.07, 6.45) is 3.79. The largest absolute Gasteiger partial charge is 0.243 e. The molecule has 0 spiro atoms. The Bertz CT molecular complexity index is 1140. The van der Waals surface area contributed by atoms with Crippen molar-refractivity contribution in [2.45, 2.75) is 65.6 Å². The lowest BCUT2D eigenvalue weighted by Gasteiger charge is -2.48. The van der Waals surface area contributed by atoms with Crippen molar-refractivity contribution in [2.75, 3.05) is 0 Å². The molecular weight excluding hydrogens is 406 g/mol. The van der Waals surface area contributed by atoms with Crippen LogP contribution in [-0.4, -0.2) is 38.0 Å². The van der Waals surface area contributed by atoms with Crippen LogP contribution < -0.4 is 0 Å². The summed E-state index contributed by atoms with van der Waals surface area (Å²) in [4.78, 5) is 0.551. The molecule has 0 N–H and O–H groups in total. The first-order chi connectivity index (χ1) is 13.8. The standard InChI is InChI=1S/C22H25NO4S2/c1-16-10-12-19(13-11-16)29(26,27)23-20-9-5-6-17-14-22(15-17,21(20)23)28(24,25)18-7-3-2-4-8-18/h2-4,7-8,10-13,17,20-21H,5-6,9,14-15H2,1H3/t17?,20-,21-,22?,23?/m0/s1. The molecule has 2 aromatic carbocycles. The SMILES string of the molecule is Cc1ccc(S(=O)(=O)N2[C@H]3[C@@H]2CCCC2CC3(S(=O)(=O)c3ccccc3)C2)cc1. The third-order valence-electron chi connectivity index (χ3n) is 6.98. The van der Waals surface area contributed by atoms with E-state index in [9.17, 15) is 16.8 Å². The van der Waals surface area contributed by atoms with E-state index in [0.29, 0.717) is 23.7 Å². The Labute approximate surface area is 172 Å². The fraction of sp³-hybridized carbons (Fsp3) is 0.455. The van der Waals surface area contributed by atoms with Crippen LogP contribution in [0.4, 0.5) is 0 Å². The van der Waals surface area contributed by atoms with Crippen molar-refractivity contribution in [3.8, 4) is 0 Å². The smallest absolute Gasteiger partial charge is 0.223 e. The summed E-state index contributed by atoms with van der Waals surface area (Å²) in [5.74, 6) is 0.374. The maximum Gasteiger partial charge on any atom is 0.243 e. The minimum absolute atomic E-state index is 0.221. The first-order valence-electron chi connectivity index (χ1n) is 10.2. The summed E-state index contributed by atoms with van der Waals surface area (Å²) in [7, 11) is -7.35. The van der Waals surface area contributed by atoms with Crippen LogP contribution in [-0.2, 0) is 19.9 Å². The molecule has 4 aliphatic rings. The molecule has 3 saturated carbocycles. The topological polar surface area (TPSA) is 71.3 Å². The van der Waals surface area contributed by atoms with Gasteiger partial charge in [-0.2, -0.15) is 4.31 Å². The predicted molar refractivity (Wildman–Crippen MR) is 111 cm³/mol. The number of benzene rings is 2. The molecule has 2 bridgehead atoms. The van der Waals surface area contributed by atoms with Crippen molar-refractivity contribution in [1.29, 1.82) is 0 Å². The highest BCUT2D eigenvalue weighted by molar-refractivity contribution is 7.93. The summed E-state index contributed by atoms with van der Waals surface area (Å²) in [6, 6.07) is 14.7. The first-order valence-corrected chi connectivity index (χ1v) is 13.1. The first kappa shape index (κ1) is 19.3. The summed E-state index contributed by atoms with van der Waals surface area (Å²) >= 11 is 0. The van der Waals surface area contributed by atoms with Gasteiger partial charge >= 0.3 is 0 Å². The fourth-order valence-corrected chi connectivity index (χ4v) is 9.91. The van der Waals surface area contributed by atoms with E-state index in [2.05, 4.69) is 0 Å². The van der Waals surface area contributed by atoms with Crippen molar-refractivity contribution in [3.05, 3.63) is 60.2 Å². The molecule has 3 aliphatic carbocycles. The molecule has 1 heterocycles. The zero-order valence-corrected chi connectivity index (χ0v) is 18.0. The molecule has 4 fully saturated rings. The molecule has 3 atom stereocenters. The van der Waals surface area contributed by atoms with Gasteiger partial charge in [0.25, 0.3) is 0 Å². The summed E-state index contributed by atoms with van der Waals surface area (Å²) in [5.41, 5.74) is 0.991. The Morgan fingerprint density at radius 2 is 1.52 bits per heavy atom. The second-order valence-electron chi connectivity index (χ2n) is 8.75. The number of rotatable bonds is 4. The minimum atomic E-state index is -3.72. The van der Waals surface area contributed by atoms with Gasteiger partial charge < -0.3 is 0 Å². The van der Waals surface area contributed by atoms with Crippen LogP contribution >= 0.6 is 0 Å². The number of sulfonamides is 1. The molecule has 1 unspecified atom stereocenters. The van der Waals surface area contributed by atoms with E-state index in [1.165, 1.54) is 4.31 Å². The summed E-state index contributed by atoms with van der Waals surface area (Å²) in [5, 5.41) is 0. The molecule has 1 saturated heterocycles. The molecule has 5 nitrogen and oxygen atoms in total. The van der Waals surface area contributed by atoms with Crippen LogP contribution in [0.1, 0.15) is 37.7 Å². The highest BCUT2D eigenvalue weighted by Gasteiger charge is 2.73. The second kappa shape index (κ2) is 6.40. The van der Waals surface area contributed by atoms with Crippen LogP contribution in [0.3, 0.4) is 0 Å². The van der Waals surface area contributed by atoms with Crippen LogP contribution in [0.5, 0.6) is 0 Å². The van der Waals surface area contributed by atoms with Crippen molar-refractivity contribution in [1.82, 2.24) is 4.31 Å². The zero-order valence-electron chi connectivity index (χ0n) is 16.4. The van der Waals surface area contributed by atoms with Gasteiger partial charge in [0.1, 0.15) is 0 Å². The zero-order chi connectivity index (χ0) is 20.4. The molecule has 2 aromatic rings. The van der Waals surface area contributed by atoms with Gasteiger partial charge in [-0.1, -0.05) is 48.7 Å². The maximum absolute atomic E-state index is 13.7. The molecular formula is C22H25NO4S2. The average Bonchev–Trinajstić information content (AvgIpc) is 3.35. The Morgan fingerprint density at radius 3 is 2.17 bits per heavy atom. The second-order valence-corrected chi connectivity index (χ2v) is 12.9. The van der Waals surface area contributed by atoms with E-state index in [1.807, 2.05) is 6.92 Å². The van der Waals surface area contributed by atoms with E-state index in [0.717, 1.165) is 24.8 Å². The lowest BCUT2D eigenvalue weighted by molar-refractivity contribution is 0.180. The van der Waals surface area contributed by atoms with Gasteiger partial charge in [-0.15, -0.1) is 0 Å². The Hall–Kier alpha value is -1.70. The van der Waals surface area contributed by atoms with Crippen molar-refractivity contribution in [3.63, 3.8) is 0 Å². The van der Waals surface area contributed by atoms with Crippen LogP contribution in [0.15, 0.2) is 64.4 Å². The van der Waals surface area contributed by atoms with E-state index in [-0.39, 0.29) is 10.9 Å². The van der Waals surface area contributed by atoms with Crippen molar-refractivity contribution >= 4 is 19.9 Å². The van der Waals surface area contributed by atoms with Crippen LogP contribution in [0.2, 0.25) is 0 Å². The number of hydrogen-bond acceptors (Lipinski definition) is 4. The lowest BCUT2D eigenvalue weighted by atomic mass is 9.67. The molecule has 6 rings (SSSR count). The molecule has 0 aromatic heterocycles. The van der Waals surface area contributed by atoms with Gasteiger partial charge in [0.05, 0.1) is 20.6 Å². The van der Waals surface area contributed by atoms with Gasteiger partial charge in [-0.3, -0.25) is 0 Å². The minimum Gasteiger partial charge on any atom is -0.223 e. The van der Waals surface area contributed by atoms with Crippen LogP contribution in [0, 0.1) is 12.8 Å². The highest BCUT2D eigenvalue weighted by atomic mass is 32.2. The summed E-state index contributed by atoms with van der Waals surface area (Å²) in [6.45, 7) is 1.91. The van der Waals surface area contributed by atoms with E-state index in [1.54, 1.807) is 54.6 Å². The number of aryl methyl sites for hydroxylation is 1. The van der Waals surface area contributed by atoms with E-state index >= 15 is 0 Å². The molecule has 29 heavy (non-hydrogen) atoms. The van der Waals surface area contributed by atoms with E-state index < -0.39 is 30.6 Å². The molecule has 154 valence electrons. The van der Waals surface area contributed by atoms with Crippen molar-refractivity contribution < 1.29 is 16.8 Å². The molecule has 0 radical (unpaired) electrons. The van der Waals surface area contributed by atoms with Gasteiger partial charge in [0.15, 0.2) is 9.84 Å². The monoisotopic (exact) mass is 431 g/mol. The van der Waals surface area contributed by atoms with Crippen LogP contribution in [0.25, 0.3) is 0 Å². The molecule has 1 aliphatic heterocycles. The van der Waals surface area contributed by atoms with Gasteiger partial charge in [-0.05, 0) is 56.4 Å². The molecule has 0 amide bonds. The maximum atomic E-state index is 13.7. The van der Waals surface area contributed by atoms with Crippen molar-refractivity contribution in [2.24, 2.45) is 5.92 Å². The number of sulfone groups is 1. The number of nitrogens with zero attached hydrogens (tertiary/aromatic N) is 1. The number of fused-ring (bicyclic) bond motifs is 2. The average molecular weight is 432 g/mol. The van der Waals surface area contributed by atoms with Gasteiger partial charge in [0.2, 0.25) is 10.0 Å². The van der Waals surface area contributed by atoms with Gasteiger partial charge in [0, 0.05) is 6.04 Å². The summed E-state index contributed by atoms with van der Waals surface area (Å²) < 4.78 is 54.7. The highest BCUT2D eigenvalue weighted by Crippen LogP contribution is 2.61. The Balaban J connectivity index is 1.57. The normalized spacial score (nSPS) is 33.7.